The average molecular weight is 416 g/mol. The molecule has 1 fully saturated rings. The van der Waals surface area contributed by atoms with Crippen molar-refractivity contribution in [2.24, 2.45) is 5.92 Å². The van der Waals surface area contributed by atoms with Crippen LogP contribution in [0.15, 0.2) is 36.4 Å². The van der Waals surface area contributed by atoms with Gasteiger partial charge in [-0.15, -0.1) is 0 Å². The molecule has 2 rings (SSSR count). The lowest BCUT2D eigenvalue weighted by molar-refractivity contribution is -0.137. The Bertz CT molecular complexity index is 818. The van der Waals surface area contributed by atoms with E-state index in [1.165, 1.54) is 19.3 Å². The van der Waals surface area contributed by atoms with Crippen molar-refractivity contribution in [3.05, 3.63) is 42.0 Å². The Morgan fingerprint density at radius 3 is 2.63 bits per heavy atom. The van der Waals surface area contributed by atoms with Gasteiger partial charge in [-0.3, -0.25) is 9.59 Å². The van der Waals surface area contributed by atoms with E-state index in [4.69, 9.17) is 14.2 Å². The smallest absolute Gasteiger partial charge is 0.330 e. The van der Waals surface area contributed by atoms with E-state index < -0.39 is 12.0 Å². The van der Waals surface area contributed by atoms with Gasteiger partial charge in [-0.1, -0.05) is 12.1 Å². The molecule has 0 bridgehead atoms. The van der Waals surface area contributed by atoms with E-state index in [9.17, 15) is 14.4 Å². The molecule has 1 aliphatic heterocycles. The standard InChI is InChI=1S/C22H28N2O6/c1-4-30-21(26)10-7-17(14-16-11-12-23-22(16)27)24-20(25)9-6-15-5-8-18(28-2)19(13-15)29-3/h5-10,13,16-17H,4,11-12,14H2,1-3H3,(H,23,27)(H,24,25)/t16-,17+/m0/s1. The number of hydrogen-bond donors (Lipinski definition) is 2. The fraction of sp³-hybridized carbons (Fsp3) is 0.409. The van der Waals surface area contributed by atoms with Crippen LogP contribution in [0.4, 0.5) is 0 Å². The summed E-state index contributed by atoms with van der Waals surface area (Å²) in [7, 11) is 3.09. The van der Waals surface area contributed by atoms with Crippen LogP contribution in [0.3, 0.4) is 0 Å². The van der Waals surface area contributed by atoms with Crippen molar-refractivity contribution in [3.63, 3.8) is 0 Å². The fourth-order valence-electron chi connectivity index (χ4n) is 3.11. The number of amides is 2. The van der Waals surface area contributed by atoms with E-state index in [1.54, 1.807) is 44.4 Å². The Hall–Kier alpha value is -3.29. The molecule has 30 heavy (non-hydrogen) atoms. The highest BCUT2D eigenvalue weighted by molar-refractivity contribution is 5.92. The minimum absolute atomic E-state index is 0.0420. The fourth-order valence-corrected chi connectivity index (χ4v) is 3.11. The zero-order chi connectivity index (χ0) is 21.9. The van der Waals surface area contributed by atoms with E-state index in [2.05, 4.69) is 10.6 Å². The lowest BCUT2D eigenvalue weighted by atomic mass is 9.98. The van der Waals surface area contributed by atoms with Crippen LogP contribution in [0.1, 0.15) is 25.3 Å². The summed E-state index contributed by atoms with van der Waals surface area (Å²) in [4.78, 5) is 35.9. The number of benzene rings is 1. The molecule has 8 heteroatoms. The summed E-state index contributed by atoms with van der Waals surface area (Å²) in [5.74, 6) is 0.0625. The summed E-state index contributed by atoms with van der Waals surface area (Å²) >= 11 is 0. The average Bonchev–Trinajstić information content (AvgIpc) is 3.14. The molecular formula is C22H28N2O6. The maximum atomic E-state index is 12.4. The first kappa shape index (κ1) is 23.0. The van der Waals surface area contributed by atoms with Crippen LogP contribution in [0.2, 0.25) is 0 Å². The number of carbonyl (C=O) groups excluding carboxylic acids is 3. The van der Waals surface area contributed by atoms with Gasteiger partial charge in [0.05, 0.1) is 20.8 Å². The van der Waals surface area contributed by atoms with Gasteiger partial charge in [-0.2, -0.15) is 0 Å². The monoisotopic (exact) mass is 416 g/mol. The van der Waals surface area contributed by atoms with Crippen molar-refractivity contribution in [3.8, 4) is 11.5 Å². The van der Waals surface area contributed by atoms with Gasteiger partial charge in [0.2, 0.25) is 11.8 Å². The molecule has 2 N–H and O–H groups in total. The second-order valence-corrected chi connectivity index (χ2v) is 6.69. The minimum atomic E-state index is -0.492. The van der Waals surface area contributed by atoms with Gasteiger partial charge >= 0.3 is 5.97 Å². The highest BCUT2D eigenvalue weighted by atomic mass is 16.5. The van der Waals surface area contributed by atoms with Crippen molar-refractivity contribution in [2.75, 3.05) is 27.4 Å². The van der Waals surface area contributed by atoms with Crippen LogP contribution >= 0.6 is 0 Å². The molecule has 2 atom stereocenters. The Labute approximate surface area is 176 Å². The molecule has 1 saturated heterocycles. The normalized spacial score (nSPS) is 17.0. The second kappa shape index (κ2) is 11.6. The van der Waals surface area contributed by atoms with Gasteiger partial charge < -0.3 is 24.8 Å². The van der Waals surface area contributed by atoms with Gasteiger partial charge in [0.25, 0.3) is 0 Å². The van der Waals surface area contributed by atoms with Crippen molar-refractivity contribution in [1.82, 2.24) is 10.6 Å². The number of ether oxygens (including phenoxy) is 3. The van der Waals surface area contributed by atoms with E-state index in [0.29, 0.717) is 30.9 Å². The number of carbonyl (C=O) groups is 3. The predicted octanol–water partition coefficient (Wildman–Crippen LogP) is 1.85. The summed E-state index contributed by atoms with van der Waals surface area (Å²) in [6.07, 6.45) is 6.97. The molecule has 8 nitrogen and oxygen atoms in total. The Balaban J connectivity index is 2.05. The quantitative estimate of drug-likeness (QED) is 0.446. The SMILES string of the molecule is CCOC(=O)C=C[C@H](C[C@@H]1CCNC1=O)NC(=O)C=Cc1ccc(OC)c(OC)c1. The van der Waals surface area contributed by atoms with Gasteiger partial charge in [-0.05, 0) is 43.5 Å². The van der Waals surface area contributed by atoms with Crippen LogP contribution in [0.5, 0.6) is 11.5 Å². The van der Waals surface area contributed by atoms with E-state index in [-0.39, 0.29) is 24.3 Å². The highest BCUT2D eigenvalue weighted by Crippen LogP contribution is 2.28. The second-order valence-electron chi connectivity index (χ2n) is 6.69. The molecule has 0 aliphatic carbocycles. The summed E-state index contributed by atoms with van der Waals surface area (Å²) in [6, 6.07) is 4.82. The van der Waals surface area contributed by atoms with Crippen LogP contribution in [0.25, 0.3) is 6.08 Å². The van der Waals surface area contributed by atoms with Crippen LogP contribution in [0, 0.1) is 5.92 Å². The lowest BCUT2D eigenvalue weighted by Gasteiger charge is -2.17. The summed E-state index contributed by atoms with van der Waals surface area (Å²) < 4.78 is 15.3. The number of hydrogen-bond acceptors (Lipinski definition) is 6. The number of methoxy groups -OCH3 is 2. The molecule has 0 unspecified atom stereocenters. The lowest BCUT2D eigenvalue weighted by Crippen LogP contribution is -2.35. The first-order valence-electron chi connectivity index (χ1n) is 9.80. The predicted molar refractivity (Wildman–Crippen MR) is 112 cm³/mol. The molecule has 0 spiro atoms. The summed E-state index contributed by atoms with van der Waals surface area (Å²) in [6.45, 7) is 2.59. The third-order valence-electron chi connectivity index (χ3n) is 4.61. The molecule has 1 heterocycles. The highest BCUT2D eigenvalue weighted by Gasteiger charge is 2.26. The van der Waals surface area contributed by atoms with Gasteiger partial charge in [0.1, 0.15) is 0 Å². The van der Waals surface area contributed by atoms with E-state index in [0.717, 1.165) is 5.56 Å². The molecule has 162 valence electrons. The molecule has 2 amide bonds. The van der Waals surface area contributed by atoms with Gasteiger partial charge in [0.15, 0.2) is 11.5 Å². The van der Waals surface area contributed by atoms with E-state index in [1.807, 2.05) is 0 Å². The molecule has 1 aliphatic rings. The summed E-state index contributed by atoms with van der Waals surface area (Å²) in [5, 5.41) is 5.60. The number of nitrogens with one attached hydrogen (secondary N) is 2. The number of esters is 1. The van der Waals surface area contributed by atoms with Gasteiger partial charge in [0, 0.05) is 30.7 Å². The van der Waals surface area contributed by atoms with Crippen LogP contribution < -0.4 is 20.1 Å². The van der Waals surface area contributed by atoms with Crippen molar-refractivity contribution in [1.29, 1.82) is 0 Å². The minimum Gasteiger partial charge on any atom is -0.493 e. The Morgan fingerprint density at radius 1 is 1.23 bits per heavy atom. The topological polar surface area (TPSA) is 103 Å². The summed E-state index contributed by atoms with van der Waals surface area (Å²) in [5.41, 5.74) is 0.761. The molecule has 0 saturated carbocycles. The Kier molecular flexibility index (Phi) is 8.93. The van der Waals surface area contributed by atoms with E-state index >= 15 is 0 Å². The Morgan fingerprint density at radius 2 is 2.00 bits per heavy atom. The maximum Gasteiger partial charge on any atom is 0.330 e. The van der Waals surface area contributed by atoms with Gasteiger partial charge in [-0.25, -0.2) is 4.79 Å². The molecule has 0 radical (unpaired) electrons. The molecule has 1 aromatic rings. The zero-order valence-corrected chi connectivity index (χ0v) is 17.5. The van der Waals surface area contributed by atoms with Crippen molar-refractivity contribution >= 4 is 23.9 Å². The number of rotatable bonds is 10. The van der Waals surface area contributed by atoms with Crippen molar-refractivity contribution < 1.29 is 28.6 Å². The molecule has 0 aromatic heterocycles. The molecule has 1 aromatic carbocycles. The first-order chi connectivity index (χ1) is 14.5. The third-order valence-corrected chi connectivity index (χ3v) is 4.61. The third kappa shape index (κ3) is 6.95. The van der Waals surface area contributed by atoms with Crippen molar-refractivity contribution in [2.45, 2.75) is 25.8 Å². The zero-order valence-electron chi connectivity index (χ0n) is 17.5. The van der Waals surface area contributed by atoms with Crippen LogP contribution in [-0.4, -0.2) is 51.2 Å². The maximum absolute atomic E-state index is 12.4. The van der Waals surface area contributed by atoms with Crippen LogP contribution in [-0.2, 0) is 19.1 Å². The largest absolute Gasteiger partial charge is 0.493 e. The molecular weight excluding hydrogens is 388 g/mol. The first-order valence-corrected chi connectivity index (χ1v) is 9.80.